The predicted octanol–water partition coefficient (Wildman–Crippen LogP) is 2.25. The zero-order valence-electron chi connectivity index (χ0n) is 16.3. The van der Waals surface area contributed by atoms with Crippen molar-refractivity contribution in [1.82, 2.24) is 15.5 Å². The highest BCUT2D eigenvalue weighted by Crippen LogP contribution is 2.19. The number of hydrogen-bond acceptors (Lipinski definition) is 4. The van der Waals surface area contributed by atoms with Gasteiger partial charge in [0.05, 0.1) is 23.0 Å². The molecule has 0 unspecified atom stereocenters. The monoisotopic (exact) mass is 414 g/mol. The first-order valence-corrected chi connectivity index (χ1v) is 9.50. The van der Waals surface area contributed by atoms with Crippen LogP contribution in [0, 0.1) is 0 Å². The number of anilines is 1. The minimum atomic E-state index is -0.534. The zero-order chi connectivity index (χ0) is 21.8. The van der Waals surface area contributed by atoms with E-state index in [4.69, 9.17) is 0 Å². The number of hydrogen-bond donors (Lipinski definition) is 4. The maximum absolute atomic E-state index is 12.4. The molecular formula is C23H18N4O4. The summed E-state index contributed by atoms with van der Waals surface area (Å²) in [5, 5.41) is 9.80. The Labute approximate surface area is 175 Å². The van der Waals surface area contributed by atoms with Gasteiger partial charge in [0.15, 0.2) is 0 Å². The molecule has 0 atom stereocenters. The molecule has 154 valence electrons. The van der Waals surface area contributed by atoms with Crippen LogP contribution in [0.4, 0.5) is 5.69 Å². The molecule has 0 aliphatic carbocycles. The highest BCUT2D eigenvalue weighted by atomic mass is 16.2. The lowest BCUT2D eigenvalue weighted by Crippen LogP contribution is -2.33. The van der Waals surface area contributed by atoms with Crippen LogP contribution in [-0.4, -0.2) is 28.6 Å². The second kappa shape index (κ2) is 8.50. The number of carbonyl (C=O) groups is 2. The molecule has 8 nitrogen and oxygen atoms in total. The van der Waals surface area contributed by atoms with Gasteiger partial charge in [0.25, 0.3) is 17.0 Å². The summed E-state index contributed by atoms with van der Waals surface area (Å²) in [6.45, 7) is -0.295. The molecule has 31 heavy (non-hydrogen) atoms. The Kier molecular flexibility index (Phi) is 5.44. The SMILES string of the molecule is O=C(CNC(=O)c1ccc(-c2ccccc2)cc1)Nc1cccc2c(=O)[nH][nH]c(=O)c12. The van der Waals surface area contributed by atoms with E-state index in [2.05, 4.69) is 20.8 Å². The van der Waals surface area contributed by atoms with Crippen molar-refractivity contribution in [2.45, 2.75) is 0 Å². The molecule has 0 fully saturated rings. The third-order valence-corrected chi connectivity index (χ3v) is 4.76. The highest BCUT2D eigenvalue weighted by molar-refractivity contribution is 6.04. The normalized spacial score (nSPS) is 10.6. The Morgan fingerprint density at radius 1 is 0.742 bits per heavy atom. The summed E-state index contributed by atoms with van der Waals surface area (Å²) in [6.07, 6.45) is 0. The highest BCUT2D eigenvalue weighted by Gasteiger charge is 2.12. The summed E-state index contributed by atoms with van der Waals surface area (Å²) in [5.74, 6) is -0.927. The first-order valence-electron chi connectivity index (χ1n) is 9.50. The first kappa shape index (κ1) is 19.8. The molecule has 3 aromatic carbocycles. The van der Waals surface area contributed by atoms with E-state index in [-0.39, 0.29) is 23.0 Å². The summed E-state index contributed by atoms with van der Waals surface area (Å²) < 4.78 is 0. The third-order valence-electron chi connectivity index (χ3n) is 4.76. The second-order valence-corrected chi connectivity index (χ2v) is 6.81. The Bertz CT molecular complexity index is 1370. The minimum absolute atomic E-state index is 0.0717. The van der Waals surface area contributed by atoms with E-state index in [0.717, 1.165) is 11.1 Å². The molecule has 4 rings (SSSR count). The van der Waals surface area contributed by atoms with Gasteiger partial charge in [0.1, 0.15) is 0 Å². The maximum atomic E-state index is 12.4. The van der Waals surface area contributed by atoms with Gasteiger partial charge in [-0.2, -0.15) is 0 Å². The molecule has 4 aromatic rings. The average Bonchev–Trinajstić information content (AvgIpc) is 2.81. The molecule has 1 aromatic heterocycles. The first-order chi connectivity index (χ1) is 15.0. The van der Waals surface area contributed by atoms with Gasteiger partial charge in [-0.15, -0.1) is 0 Å². The van der Waals surface area contributed by atoms with Crippen LogP contribution in [0.5, 0.6) is 0 Å². The molecule has 0 saturated carbocycles. The molecule has 1 heterocycles. The minimum Gasteiger partial charge on any atom is -0.343 e. The summed E-state index contributed by atoms with van der Waals surface area (Å²) in [7, 11) is 0. The number of fused-ring (bicyclic) bond motifs is 1. The quantitative estimate of drug-likeness (QED) is 0.400. The number of aromatic nitrogens is 2. The Balaban J connectivity index is 1.42. The van der Waals surface area contributed by atoms with Crippen LogP contribution in [0.25, 0.3) is 21.9 Å². The van der Waals surface area contributed by atoms with Gasteiger partial charge in [0.2, 0.25) is 5.91 Å². The lowest BCUT2D eigenvalue weighted by Gasteiger charge is -2.09. The molecule has 8 heteroatoms. The van der Waals surface area contributed by atoms with Crippen LogP contribution in [0.15, 0.2) is 82.4 Å². The molecule has 0 saturated heterocycles. The number of H-pyrrole nitrogens is 2. The number of carbonyl (C=O) groups excluding carboxylic acids is 2. The largest absolute Gasteiger partial charge is 0.343 e. The van der Waals surface area contributed by atoms with Crippen molar-refractivity contribution >= 4 is 28.3 Å². The van der Waals surface area contributed by atoms with Crippen LogP contribution in [0.1, 0.15) is 10.4 Å². The maximum Gasteiger partial charge on any atom is 0.272 e. The van der Waals surface area contributed by atoms with E-state index in [1.54, 1.807) is 18.2 Å². The molecule has 0 radical (unpaired) electrons. The van der Waals surface area contributed by atoms with Crippen molar-refractivity contribution in [2.75, 3.05) is 11.9 Å². The van der Waals surface area contributed by atoms with Crippen LogP contribution < -0.4 is 21.8 Å². The second-order valence-electron chi connectivity index (χ2n) is 6.81. The number of nitrogens with one attached hydrogen (secondary N) is 4. The van der Waals surface area contributed by atoms with Crippen molar-refractivity contribution in [3.8, 4) is 11.1 Å². The Morgan fingerprint density at radius 2 is 1.42 bits per heavy atom. The smallest absolute Gasteiger partial charge is 0.272 e. The molecule has 0 bridgehead atoms. The number of benzene rings is 3. The number of rotatable bonds is 5. The van der Waals surface area contributed by atoms with Crippen molar-refractivity contribution in [3.63, 3.8) is 0 Å². The standard InChI is InChI=1S/C23H18N4O4/c28-19(25-18-8-4-7-17-20(18)23(31)27-26-22(17)30)13-24-21(29)16-11-9-15(10-12-16)14-5-2-1-3-6-14/h1-12H,13H2,(H,24,29)(H,25,28)(H,26,30)(H,27,31). The summed E-state index contributed by atoms with van der Waals surface area (Å²) in [5.41, 5.74) is 1.62. The van der Waals surface area contributed by atoms with E-state index in [1.165, 1.54) is 12.1 Å². The molecule has 0 aliphatic heterocycles. The fourth-order valence-corrected chi connectivity index (χ4v) is 3.24. The molecular weight excluding hydrogens is 396 g/mol. The lowest BCUT2D eigenvalue weighted by atomic mass is 10.0. The lowest BCUT2D eigenvalue weighted by molar-refractivity contribution is -0.115. The van der Waals surface area contributed by atoms with E-state index < -0.39 is 22.9 Å². The van der Waals surface area contributed by atoms with Gasteiger partial charge in [-0.1, -0.05) is 48.5 Å². The van der Waals surface area contributed by atoms with Crippen molar-refractivity contribution in [3.05, 3.63) is 99.1 Å². The van der Waals surface area contributed by atoms with Gasteiger partial charge >= 0.3 is 0 Å². The summed E-state index contributed by atoms with van der Waals surface area (Å²) in [6, 6.07) is 21.4. The Hall–Kier alpha value is -4.46. The fourth-order valence-electron chi connectivity index (χ4n) is 3.24. The molecule has 4 N–H and O–H groups in total. The van der Waals surface area contributed by atoms with Crippen LogP contribution in [0.2, 0.25) is 0 Å². The van der Waals surface area contributed by atoms with Crippen LogP contribution in [-0.2, 0) is 4.79 Å². The fraction of sp³-hybridized carbons (Fsp3) is 0.0435. The van der Waals surface area contributed by atoms with Crippen LogP contribution in [0.3, 0.4) is 0 Å². The van der Waals surface area contributed by atoms with Gasteiger partial charge < -0.3 is 10.6 Å². The zero-order valence-corrected chi connectivity index (χ0v) is 16.3. The molecule has 0 spiro atoms. The van der Waals surface area contributed by atoms with Gasteiger partial charge in [-0.25, -0.2) is 0 Å². The third kappa shape index (κ3) is 4.27. The van der Waals surface area contributed by atoms with Gasteiger partial charge in [-0.3, -0.25) is 29.4 Å². The van der Waals surface area contributed by atoms with Crippen LogP contribution >= 0.6 is 0 Å². The predicted molar refractivity (Wildman–Crippen MR) is 118 cm³/mol. The van der Waals surface area contributed by atoms with Crippen molar-refractivity contribution < 1.29 is 9.59 Å². The van der Waals surface area contributed by atoms with E-state index in [1.807, 2.05) is 42.5 Å². The summed E-state index contributed by atoms with van der Waals surface area (Å²) >= 11 is 0. The average molecular weight is 414 g/mol. The van der Waals surface area contributed by atoms with Gasteiger partial charge in [-0.05, 0) is 35.4 Å². The van der Waals surface area contributed by atoms with E-state index >= 15 is 0 Å². The van der Waals surface area contributed by atoms with E-state index in [9.17, 15) is 19.2 Å². The molecule has 2 amide bonds. The summed E-state index contributed by atoms with van der Waals surface area (Å²) in [4.78, 5) is 48.6. The topological polar surface area (TPSA) is 124 Å². The number of amides is 2. The number of aromatic amines is 2. The van der Waals surface area contributed by atoms with Crippen molar-refractivity contribution in [2.24, 2.45) is 0 Å². The Morgan fingerprint density at radius 3 is 2.16 bits per heavy atom. The van der Waals surface area contributed by atoms with Gasteiger partial charge in [0, 0.05) is 5.56 Å². The van der Waals surface area contributed by atoms with Crippen molar-refractivity contribution in [1.29, 1.82) is 0 Å². The molecule has 0 aliphatic rings. The van der Waals surface area contributed by atoms with E-state index in [0.29, 0.717) is 5.56 Å².